The van der Waals surface area contributed by atoms with Crippen molar-refractivity contribution in [3.8, 4) is 17.2 Å². The Bertz CT molecular complexity index is 1320. The Balaban J connectivity index is 1.39. The predicted octanol–water partition coefficient (Wildman–Crippen LogP) is 9.19. The molecule has 0 aromatic heterocycles. The highest BCUT2D eigenvalue weighted by Crippen LogP contribution is 2.43. The van der Waals surface area contributed by atoms with Gasteiger partial charge in [0.05, 0.1) is 13.2 Å². The molecule has 2 aromatic rings. The molecule has 0 fully saturated rings. The lowest BCUT2D eigenvalue weighted by atomic mass is 9.78. The first-order chi connectivity index (χ1) is 19.3. The third-order valence-corrected chi connectivity index (χ3v) is 7.26. The number of unbranched alkanes of at least 4 members (excludes halogenated alkanes) is 1. The van der Waals surface area contributed by atoms with Crippen molar-refractivity contribution in [2.45, 2.75) is 58.3 Å². The van der Waals surface area contributed by atoms with Gasteiger partial charge in [-0.1, -0.05) is 37.1 Å². The van der Waals surface area contributed by atoms with Gasteiger partial charge >= 0.3 is 0 Å². The number of ether oxygens (including phenoxy) is 3. The predicted molar refractivity (Wildman–Crippen MR) is 140 cm³/mol. The summed E-state index contributed by atoms with van der Waals surface area (Å²) in [5, 5.41) is 0. The maximum Gasteiger partial charge on any atom is 0.204 e. The van der Waals surface area contributed by atoms with Crippen LogP contribution < -0.4 is 14.2 Å². The monoisotopic (exact) mass is 566 g/mol. The van der Waals surface area contributed by atoms with Crippen molar-refractivity contribution >= 4 is 0 Å². The molecule has 0 heterocycles. The Kier molecular flexibility index (Phi) is 9.87. The molecule has 0 aliphatic heterocycles. The van der Waals surface area contributed by atoms with E-state index in [-0.39, 0.29) is 48.2 Å². The number of benzene rings is 2. The van der Waals surface area contributed by atoms with Crippen LogP contribution in [-0.4, -0.2) is 19.8 Å². The highest BCUT2D eigenvalue weighted by atomic mass is 19.2. The number of halogens is 6. The van der Waals surface area contributed by atoms with Crippen molar-refractivity contribution in [2.24, 2.45) is 5.92 Å². The summed E-state index contributed by atoms with van der Waals surface area (Å²) in [5.74, 6) is -8.45. The molecular weight excluding hydrogens is 534 g/mol. The second-order valence-corrected chi connectivity index (χ2v) is 9.82. The highest BCUT2D eigenvalue weighted by molar-refractivity contribution is 5.40. The standard InChI is InChI=1S/C31H32F6O3/c1-3-5-16-39-24-14-15-25(31(37)30(24)36)40-17-20-10-11-21(27(33)26(20)32)18-6-8-19(9-7-18)22-12-13-23(38-4-2)29(35)28(22)34/h6,10,12-15,19,21H,3-5,7-9,11,16-17H2,1-2H3. The van der Waals surface area contributed by atoms with E-state index in [4.69, 9.17) is 14.2 Å². The van der Waals surface area contributed by atoms with E-state index in [1.165, 1.54) is 30.3 Å². The van der Waals surface area contributed by atoms with E-state index < -0.39 is 53.2 Å². The van der Waals surface area contributed by atoms with Crippen LogP contribution in [-0.2, 0) is 0 Å². The molecule has 2 unspecified atom stereocenters. The zero-order chi connectivity index (χ0) is 28.8. The summed E-state index contributed by atoms with van der Waals surface area (Å²) < 4.78 is 103. The molecule has 0 radical (unpaired) electrons. The van der Waals surface area contributed by atoms with Gasteiger partial charge in [0.1, 0.15) is 12.4 Å². The van der Waals surface area contributed by atoms with Crippen molar-refractivity contribution in [3.05, 3.63) is 88.0 Å². The van der Waals surface area contributed by atoms with Crippen molar-refractivity contribution < 1.29 is 40.6 Å². The highest BCUT2D eigenvalue weighted by Gasteiger charge is 2.31. The maximum absolute atomic E-state index is 15.1. The smallest absolute Gasteiger partial charge is 0.204 e. The second-order valence-electron chi connectivity index (χ2n) is 9.82. The molecule has 0 saturated heterocycles. The first-order valence-corrected chi connectivity index (χ1v) is 13.5. The number of hydrogen-bond acceptors (Lipinski definition) is 3. The van der Waals surface area contributed by atoms with Crippen molar-refractivity contribution in [1.29, 1.82) is 0 Å². The summed E-state index contributed by atoms with van der Waals surface area (Å²) in [6.45, 7) is 3.58. The van der Waals surface area contributed by atoms with E-state index >= 15 is 4.39 Å². The molecule has 0 saturated carbocycles. The van der Waals surface area contributed by atoms with Crippen molar-refractivity contribution in [3.63, 3.8) is 0 Å². The zero-order valence-corrected chi connectivity index (χ0v) is 22.5. The molecule has 2 aromatic carbocycles. The average molecular weight is 567 g/mol. The SMILES string of the molecule is CCCCOc1ccc(OCC2=CCC(C3=CCC(c4ccc(OCC)c(F)c4F)CC3)C(F)=C2F)c(F)c1F. The molecule has 0 N–H and O–H groups in total. The molecule has 9 heteroatoms. The number of hydrogen-bond donors (Lipinski definition) is 0. The number of allylic oxidation sites excluding steroid dienone is 4. The molecule has 0 bridgehead atoms. The van der Waals surface area contributed by atoms with Gasteiger partial charge in [-0.15, -0.1) is 0 Å². The fourth-order valence-electron chi connectivity index (χ4n) is 5.00. The van der Waals surface area contributed by atoms with Crippen LogP contribution in [0.1, 0.15) is 63.9 Å². The van der Waals surface area contributed by atoms with Gasteiger partial charge in [0.25, 0.3) is 0 Å². The Hall–Kier alpha value is -3.36. The van der Waals surface area contributed by atoms with Gasteiger partial charge in [-0.25, -0.2) is 13.2 Å². The molecule has 2 aliphatic rings. The summed E-state index contributed by atoms with van der Waals surface area (Å²) in [6.07, 6.45) is 6.11. The minimum atomic E-state index is -1.26. The van der Waals surface area contributed by atoms with Crippen LogP contribution in [0, 0.1) is 29.2 Å². The Labute approximate surface area is 230 Å². The molecule has 2 aliphatic carbocycles. The van der Waals surface area contributed by atoms with E-state index in [1.54, 1.807) is 13.0 Å². The first kappa shape index (κ1) is 29.6. The molecule has 0 amide bonds. The van der Waals surface area contributed by atoms with Crippen molar-refractivity contribution in [2.75, 3.05) is 19.8 Å². The molecule has 0 spiro atoms. The largest absolute Gasteiger partial charge is 0.491 e. The quantitative estimate of drug-likeness (QED) is 0.154. The zero-order valence-electron chi connectivity index (χ0n) is 22.5. The topological polar surface area (TPSA) is 27.7 Å². The third kappa shape index (κ3) is 6.34. The summed E-state index contributed by atoms with van der Waals surface area (Å²) in [5.41, 5.74) is 0.808. The van der Waals surface area contributed by atoms with Crippen LogP contribution in [0.3, 0.4) is 0 Å². The molecule has 2 atom stereocenters. The minimum absolute atomic E-state index is 0.0990. The van der Waals surface area contributed by atoms with Gasteiger partial charge in [0.15, 0.2) is 28.9 Å². The summed E-state index contributed by atoms with van der Waals surface area (Å²) >= 11 is 0. The third-order valence-electron chi connectivity index (χ3n) is 7.26. The van der Waals surface area contributed by atoms with Crippen LogP contribution in [0.2, 0.25) is 0 Å². The minimum Gasteiger partial charge on any atom is -0.491 e. The summed E-state index contributed by atoms with van der Waals surface area (Å²) in [7, 11) is 0. The van der Waals surface area contributed by atoms with Gasteiger partial charge in [0, 0.05) is 11.5 Å². The molecule has 4 rings (SSSR count). The Morgan fingerprint density at radius 2 is 1.40 bits per heavy atom. The summed E-state index contributed by atoms with van der Waals surface area (Å²) in [6, 6.07) is 5.33. The Morgan fingerprint density at radius 3 is 2.05 bits per heavy atom. The molecule has 216 valence electrons. The number of rotatable bonds is 11. The fraction of sp³-hybridized carbons (Fsp3) is 0.419. The lowest BCUT2D eigenvalue weighted by molar-refractivity contribution is 0.278. The van der Waals surface area contributed by atoms with E-state index in [1.807, 2.05) is 6.92 Å². The summed E-state index contributed by atoms with van der Waals surface area (Å²) in [4.78, 5) is 0. The van der Waals surface area contributed by atoms with E-state index in [2.05, 4.69) is 0 Å². The van der Waals surface area contributed by atoms with E-state index in [0.29, 0.717) is 31.3 Å². The van der Waals surface area contributed by atoms with Gasteiger partial charge < -0.3 is 14.2 Å². The normalized spacial score (nSPS) is 19.3. The van der Waals surface area contributed by atoms with Crippen LogP contribution >= 0.6 is 0 Å². The lowest BCUT2D eigenvalue weighted by Gasteiger charge is -2.28. The Morgan fingerprint density at radius 1 is 0.750 bits per heavy atom. The first-order valence-electron chi connectivity index (χ1n) is 13.5. The van der Waals surface area contributed by atoms with Gasteiger partial charge in [-0.2, -0.15) is 13.2 Å². The van der Waals surface area contributed by atoms with Gasteiger partial charge in [-0.05, 0) is 68.7 Å². The maximum atomic E-state index is 15.1. The van der Waals surface area contributed by atoms with Gasteiger partial charge in [0.2, 0.25) is 17.5 Å². The second kappa shape index (κ2) is 13.3. The van der Waals surface area contributed by atoms with E-state index in [0.717, 1.165) is 6.42 Å². The van der Waals surface area contributed by atoms with Crippen LogP contribution in [0.5, 0.6) is 17.2 Å². The molecule has 40 heavy (non-hydrogen) atoms. The average Bonchev–Trinajstić information content (AvgIpc) is 2.96. The van der Waals surface area contributed by atoms with Crippen LogP contribution in [0.25, 0.3) is 0 Å². The molecule has 3 nitrogen and oxygen atoms in total. The lowest BCUT2D eigenvalue weighted by Crippen LogP contribution is -2.17. The molecular formula is C31H32F6O3. The van der Waals surface area contributed by atoms with Crippen molar-refractivity contribution in [1.82, 2.24) is 0 Å². The van der Waals surface area contributed by atoms with Crippen LogP contribution in [0.15, 0.2) is 59.2 Å². The van der Waals surface area contributed by atoms with Gasteiger partial charge in [-0.3, -0.25) is 0 Å². The van der Waals surface area contributed by atoms with E-state index in [9.17, 15) is 22.0 Å². The van der Waals surface area contributed by atoms with Crippen LogP contribution in [0.4, 0.5) is 26.3 Å². The fourth-order valence-corrected chi connectivity index (χ4v) is 5.00.